The fraction of sp³-hybridized carbons (Fsp3) is 0.286. The second-order valence-corrected chi connectivity index (χ2v) is 11.0. The highest BCUT2D eigenvalue weighted by Gasteiger charge is 2.32. The van der Waals surface area contributed by atoms with Crippen molar-refractivity contribution >= 4 is 10.2 Å². The molecular weight excluding hydrogens is 552 g/mol. The molecule has 216 valence electrons. The number of benzene rings is 2. The predicted molar refractivity (Wildman–Crippen MR) is 149 cm³/mol. The van der Waals surface area contributed by atoms with Crippen molar-refractivity contribution in [3.8, 4) is 45.5 Å². The van der Waals surface area contributed by atoms with Crippen LogP contribution in [0.15, 0.2) is 69.7 Å². The van der Waals surface area contributed by atoms with Crippen LogP contribution in [0.1, 0.15) is 11.5 Å². The van der Waals surface area contributed by atoms with Crippen LogP contribution in [0, 0.1) is 0 Å². The molecule has 0 spiro atoms. The Morgan fingerprint density at radius 1 is 0.659 bits per heavy atom. The Bertz CT molecular complexity index is 1530. The molecule has 0 radical (unpaired) electrons. The maximum Gasteiger partial charge on any atom is 0.283 e. The fourth-order valence-corrected chi connectivity index (χ4v) is 5.87. The number of hydrogen-bond donors (Lipinski definition) is 0. The number of ether oxygens (including phenoxy) is 4. The van der Waals surface area contributed by atoms with E-state index in [2.05, 4.69) is 10.3 Å². The van der Waals surface area contributed by atoms with E-state index in [0.29, 0.717) is 45.9 Å². The van der Waals surface area contributed by atoms with Crippen molar-refractivity contribution in [1.82, 2.24) is 18.9 Å². The lowest BCUT2D eigenvalue weighted by Gasteiger charge is -2.25. The van der Waals surface area contributed by atoms with Crippen molar-refractivity contribution in [3.05, 3.63) is 72.2 Å². The maximum absolute atomic E-state index is 13.6. The van der Waals surface area contributed by atoms with E-state index in [9.17, 15) is 8.42 Å². The number of nitrogens with zero attached hydrogens (tertiary/aromatic N) is 4. The molecule has 0 N–H and O–H groups in total. The molecule has 12 nitrogen and oxygen atoms in total. The van der Waals surface area contributed by atoms with Gasteiger partial charge in [0.25, 0.3) is 10.2 Å². The third kappa shape index (κ3) is 5.92. The summed E-state index contributed by atoms with van der Waals surface area (Å²) >= 11 is 0. The molecule has 2 aromatic heterocycles. The second-order valence-electron chi connectivity index (χ2n) is 9.06. The quantitative estimate of drug-likeness (QED) is 0.251. The molecule has 41 heavy (non-hydrogen) atoms. The largest absolute Gasteiger partial charge is 0.493 e. The van der Waals surface area contributed by atoms with E-state index < -0.39 is 10.2 Å². The standard InChI is InChI=1S/C28H30N4O8S/c1-35-25-9-7-19(13-27(25)37-3)23-15-21(39-29-23)17-31-11-5-6-12-32(41(31,33)34)18-22-16-24(30-40-22)20-8-10-26(36-2)28(14-20)38-4/h5-10,13-16H,11-12,17-18H2,1-4H3. The third-order valence-corrected chi connectivity index (χ3v) is 8.44. The van der Waals surface area contributed by atoms with Crippen LogP contribution in [0.2, 0.25) is 0 Å². The van der Waals surface area contributed by atoms with Crippen LogP contribution < -0.4 is 18.9 Å². The Morgan fingerprint density at radius 2 is 1.07 bits per heavy atom. The fourth-order valence-electron chi connectivity index (χ4n) is 4.41. The molecule has 0 saturated carbocycles. The molecule has 0 bridgehead atoms. The van der Waals surface area contributed by atoms with Gasteiger partial charge in [0.1, 0.15) is 11.4 Å². The van der Waals surface area contributed by atoms with Crippen LogP contribution in [0.3, 0.4) is 0 Å². The Kier molecular flexibility index (Phi) is 8.28. The van der Waals surface area contributed by atoms with Gasteiger partial charge < -0.3 is 28.0 Å². The average Bonchev–Trinajstić information content (AvgIpc) is 3.64. The lowest BCUT2D eigenvalue weighted by molar-refractivity contribution is 0.299. The zero-order valence-electron chi connectivity index (χ0n) is 23.1. The molecule has 0 amide bonds. The minimum absolute atomic E-state index is 0.00321. The van der Waals surface area contributed by atoms with Gasteiger partial charge in [0.05, 0.1) is 41.5 Å². The zero-order valence-corrected chi connectivity index (χ0v) is 23.9. The maximum atomic E-state index is 13.6. The van der Waals surface area contributed by atoms with Crippen molar-refractivity contribution in [1.29, 1.82) is 0 Å². The molecule has 1 aliphatic heterocycles. The predicted octanol–water partition coefficient (Wildman–Crippen LogP) is 4.15. The molecule has 0 fully saturated rings. The van der Waals surface area contributed by atoms with Crippen LogP contribution in [-0.2, 0) is 23.3 Å². The molecule has 0 atom stereocenters. The Labute approximate surface area is 237 Å². The van der Waals surface area contributed by atoms with Crippen LogP contribution in [0.4, 0.5) is 0 Å². The van der Waals surface area contributed by atoms with Gasteiger partial charge in [-0.2, -0.15) is 17.0 Å². The minimum Gasteiger partial charge on any atom is -0.493 e. The van der Waals surface area contributed by atoms with Crippen molar-refractivity contribution in [2.75, 3.05) is 41.5 Å². The van der Waals surface area contributed by atoms with E-state index in [0.717, 1.165) is 11.1 Å². The summed E-state index contributed by atoms with van der Waals surface area (Å²) in [5.41, 5.74) is 2.58. The van der Waals surface area contributed by atoms with E-state index >= 15 is 0 Å². The van der Waals surface area contributed by atoms with Gasteiger partial charge >= 0.3 is 0 Å². The van der Waals surface area contributed by atoms with Crippen molar-refractivity contribution in [2.45, 2.75) is 13.1 Å². The Balaban J connectivity index is 1.31. The van der Waals surface area contributed by atoms with E-state index in [4.69, 9.17) is 28.0 Å². The van der Waals surface area contributed by atoms with Crippen molar-refractivity contribution < 1.29 is 36.4 Å². The number of hydrogen-bond acceptors (Lipinski definition) is 10. The molecule has 3 heterocycles. The Hall–Kier alpha value is -4.33. The van der Waals surface area contributed by atoms with Gasteiger partial charge in [-0.3, -0.25) is 0 Å². The molecule has 4 aromatic rings. The SMILES string of the molecule is COc1ccc(-c2cc(CN3CC=CCN(Cc4cc(-c5ccc(OC)c(OC)c5)no4)S3(=O)=O)on2)cc1OC. The average molecular weight is 583 g/mol. The van der Waals surface area contributed by atoms with Gasteiger partial charge in [0, 0.05) is 36.3 Å². The van der Waals surface area contributed by atoms with Gasteiger partial charge in [-0.05, 0) is 36.4 Å². The normalized spacial score (nSPS) is 15.4. The monoisotopic (exact) mass is 582 g/mol. The van der Waals surface area contributed by atoms with Gasteiger partial charge in [-0.1, -0.05) is 22.5 Å². The molecular formula is C28H30N4O8S. The van der Waals surface area contributed by atoms with Crippen LogP contribution in [0.5, 0.6) is 23.0 Å². The molecule has 5 rings (SSSR count). The van der Waals surface area contributed by atoms with Gasteiger partial charge in [0.15, 0.2) is 34.5 Å². The summed E-state index contributed by atoms with van der Waals surface area (Å²) in [6, 6.07) is 14.2. The molecule has 0 aliphatic carbocycles. The van der Waals surface area contributed by atoms with E-state index in [1.54, 1.807) is 77.0 Å². The first-order valence-corrected chi connectivity index (χ1v) is 14.0. The first kappa shape index (κ1) is 28.2. The smallest absolute Gasteiger partial charge is 0.283 e. The molecule has 0 saturated heterocycles. The second kappa shape index (κ2) is 12.0. The highest BCUT2D eigenvalue weighted by atomic mass is 32.2. The summed E-state index contributed by atoms with van der Waals surface area (Å²) in [7, 11) is 2.33. The summed E-state index contributed by atoms with van der Waals surface area (Å²) < 4.78 is 62.2. The first-order chi connectivity index (χ1) is 19.9. The van der Waals surface area contributed by atoms with Crippen LogP contribution in [0.25, 0.3) is 22.5 Å². The van der Waals surface area contributed by atoms with Gasteiger partial charge in [-0.15, -0.1) is 0 Å². The molecule has 13 heteroatoms. The highest BCUT2D eigenvalue weighted by molar-refractivity contribution is 7.86. The molecule has 1 aliphatic rings. The van der Waals surface area contributed by atoms with Gasteiger partial charge in [-0.25, -0.2) is 0 Å². The lowest BCUT2D eigenvalue weighted by atomic mass is 10.1. The zero-order chi connectivity index (χ0) is 29.0. The number of aromatic nitrogens is 2. The first-order valence-electron chi connectivity index (χ1n) is 12.6. The van der Waals surface area contributed by atoms with E-state index in [1.165, 1.54) is 8.61 Å². The number of rotatable bonds is 10. The van der Waals surface area contributed by atoms with Crippen molar-refractivity contribution in [3.63, 3.8) is 0 Å². The minimum atomic E-state index is -3.89. The summed E-state index contributed by atoms with van der Waals surface area (Å²) in [6.45, 7) is 0.352. The Morgan fingerprint density at radius 3 is 1.46 bits per heavy atom. The summed E-state index contributed by atoms with van der Waals surface area (Å²) in [5.74, 6) is 3.06. The van der Waals surface area contributed by atoms with Crippen molar-refractivity contribution in [2.24, 2.45) is 0 Å². The van der Waals surface area contributed by atoms with Gasteiger partial charge in [0.2, 0.25) is 0 Å². The third-order valence-electron chi connectivity index (χ3n) is 6.58. The molecule has 2 aromatic carbocycles. The van der Waals surface area contributed by atoms with E-state index in [1.807, 2.05) is 12.1 Å². The topological polar surface area (TPSA) is 130 Å². The number of methoxy groups -OCH3 is 4. The highest BCUT2D eigenvalue weighted by Crippen LogP contribution is 2.34. The summed E-state index contributed by atoms with van der Waals surface area (Å²) in [4.78, 5) is 0. The lowest BCUT2D eigenvalue weighted by Crippen LogP contribution is -2.41. The summed E-state index contributed by atoms with van der Waals surface area (Å²) in [5, 5.41) is 8.26. The summed E-state index contributed by atoms with van der Waals surface area (Å²) in [6.07, 6.45) is 3.61. The molecule has 0 unspecified atom stereocenters. The van der Waals surface area contributed by atoms with Crippen LogP contribution in [-0.4, -0.2) is 68.9 Å². The van der Waals surface area contributed by atoms with E-state index in [-0.39, 0.29) is 26.2 Å². The van der Waals surface area contributed by atoms with Crippen LogP contribution >= 0.6 is 0 Å².